The number of halogens is 2. The van der Waals surface area contributed by atoms with Crippen molar-refractivity contribution in [3.8, 4) is 0 Å². The van der Waals surface area contributed by atoms with Gasteiger partial charge in [-0.05, 0) is 20.8 Å². The molecule has 0 saturated carbocycles. The van der Waals surface area contributed by atoms with Crippen LogP contribution in [0.5, 0.6) is 0 Å². The van der Waals surface area contributed by atoms with Gasteiger partial charge in [0.1, 0.15) is 0 Å². The Bertz CT molecular complexity index is 68.9. The predicted molar refractivity (Wildman–Crippen MR) is 30.0 cm³/mol. The van der Waals surface area contributed by atoms with E-state index in [9.17, 15) is 8.39 Å². The largest absolute Gasteiger partial charge is 0.415 e. The van der Waals surface area contributed by atoms with Gasteiger partial charge in [-0.3, -0.25) is 4.52 Å². The first kappa shape index (κ1) is 8.25. The Morgan fingerprint density at radius 3 is 1.62 bits per heavy atom. The summed E-state index contributed by atoms with van der Waals surface area (Å²) >= 11 is 0. The summed E-state index contributed by atoms with van der Waals surface area (Å²) in [6, 6.07) is 0. The van der Waals surface area contributed by atoms with E-state index in [0.29, 0.717) is 0 Å². The number of rotatable bonds is 1. The van der Waals surface area contributed by atoms with Crippen LogP contribution in [0, 0.1) is 0 Å². The summed E-state index contributed by atoms with van der Waals surface area (Å²) in [4.78, 5) is 0. The van der Waals surface area contributed by atoms with Crippen molar-refractivity contribution in [1.29, 1.82) is 0 Å². The van der Waals surface area contributed by atoms with E-state index in [1.54, 1.807) is 20.8 Å². The molecule has 0 aromatic carbocycles. The van der Waals surface area contributed by atoms with Gasteiger partial charge in [0, 0.05) is 0 Å². The highest BCUT2D eigenvalue weighted by atomic mass is 31.2. The zero-order chi connectivity index (χ0) is 6.78. The average molecular weight is 142 g/mol. The van der Waals surface area contributed by atoms with E-state index in [0.717, 1.165) is 0 Å². The maximum Gasteiger partial charge on any atom is 0.415 e. The molecule has 0 aromatic rings. The van der Waals surface area contributed by atoms with Crippen LogP contribution in [0.2, 0.25) is 0 Å². The van der Waals surface area contributed by atoms with Gasteiger partial charge < -0.3 is 0 Å². The second kappa shape index (κ2) is 2.70. The molecule has 0 bridgehead atoms. The molecule has 0 heterocycles. The molecule has 0 saturated heterocycles. The number of hydrogen-bond donors (Lipinski definition) is 0. The van der Waals surface area contributed by atoms with Gasteiger partial charge in [0.25, 0.3) is 0 Å². The molecule has 0 amide bonds. The van der Waals surface area contributed by atoms with Gasteiger partial charge in [-0.1, -0.05) is 0 Å². The van der Waals surface area contributed by atoms with Gasteiger partial charge in [0.05, 0.1) is 5.60 Å². The van der Waals surface area contributed by atoms with Crippen molar-refractivity contribution in [3.63, 3.8) is 0 Å². The smallest absolute Gasteiger partial charge is 0.300 e. The summed E-state index contributed by atoms with van der Waals surface area (Å²) in [5, 5.41) is 0. The fraction of sp³-hybridized carbons (Fsp3) is 1.00. The van der Waals surface area contributed by atoms with Crippen molar-refractivity contribution in [2.45, 2.75) is 26.4 Å². The minimum absolute atomic E-state index is 0.699. The van der Waals surface area contributed by atoms with E-state index >= 15 is 0 Å². The van der Waals surface area contributed by atoms with E-state index in [-0.39, 0.29) is 0 Å². The maximum absolute atomic E-state index is 11.4. The molecule has 0 unspecified atom stereocenters. The van der Waals surface area contributed by atoms with Crippen LogP contribution in [-0.4, -0.2) is 5.60 Å². The zero-order valence-corrected chi connectivity index (χ0v) is 6.01. The molecular weight excluding hydrogens is 133 g/mol. The Balaban J connectivity index is 3.39. The van der Waals surface area contributed by atoms with Crippen LogP contribution in [-0.2, 0) is 4.52 Å². The fourth-order valence-corrected chi connectivity index (χ4v) is 0.621. The van der Waals surface area contributed by atoms with Crippen molar-refractivity contribution in [2.75, 3.05) is 0 Å². The molecule has 0 aromatic heterocycles. The lowest BCUT2D eigenvalue weighted by atomic mass is 10.2. The summed E-state index contributed by atoms with van der Waals surface area (Å²) in [5.41, 5.74) is -0.699. The minimum atomic E-state index is -3.19. The molecular formula is C4H9F2OP. The van der Waals surface area contributed by atoms with Crippen LogP contribution in [0.25, 0.3) is 0 Å². The van der Waals surface area contributed by atoms with Gasteiger partial charge in [-0.2, -0.15) is 8.39 Å². The van der Waals surface area contributed by atoms with Crippen LogP contribution in [0.3, 0.4) is 0 Å². The molecule has 0 aliphatic carbocycles. The van der Waals surface area contributed by atoms with E-state index in [4.69, 9.17) is 0 Å². The molecule has 0 aliphatic rings. The highest BCUT2D eigenvalue weighted by molar-refractivity contribution is 7.40. The summed E-state index contributed by atoms with van der Waals surface area (Å²) < 4.78 is 26.9. The Hall–Kier alpha value is 0.250. The van der Waals surface area contributed by atoms with Crippen molar-refractivity contribution in [2.24, 2.45) is 0 Å². The molecule has 0 radical (unpaired) electrons. The lowest BCUT2D eigenvalue weighted by Gasteiger charge is -2.16. The van der Waals surface area contributed by atoms with Crippen LogP contribution >= 0.6 is 8.77 Å². The molecule has 1 nitrogen and oxygen atoms in total. The predicted octanol–water partition coefficient (Wildman–Crippen LogP) is 2.97. The van der Waals surface area contributed by atoms with Crippen molar-refractivity contribution in [1.82, 2.24) is 0 Å². The first-order valence-corrected chi connectivity index (χ1v) is 3.27. The first-order chi connectivity index (χ1) is 3.42. The van der Waals surface area contributed by atoms with Crippen molar-refractivity contribution in [3.05, 3.63) is 0 Å². The summed E-state index contributed by atoms with van der Waals surface area (Å²) in [5.74, 6) is 0. The van der Waals surface area contributed by atoms with E-state index in [1.165, 1.54) is 0 Å². The zero-order valence-electron chi connectivity index (χ0n) is 5.11. The van der Waals surface area contributed by atoms with Crippen molar-refractivity contribution >= 4 is 8.77 Å². The highest BCUT2D eigenvalue weighted by Gasteiger charge is 2.17. The topological polar surface area (TPSA) is 9.23 Å². The summed E-state index contributed by atoms with van der Waals surface area (Å²) in [6.45, 7) is 4.80. The quantitative estimate of drug-likeness (QED) is 0.511. The lowest BCUT2D eigenvalue weighted by Crippen LogP contribution is -2.14. The van der Waals surface area contributed by atoms with Gasteiger partial charge >= 0.3 is 8.77 Å². The Morgan fingerprint density at radius 1 is 1.25 bits per heavy atom. The molecule has 4 heteroatoms. The van der Waals surface area contributed by atoms with Crippen LogP contribution in [0.15, 0.2) is 0 Å². The Kier molecular flexibility index (Phi) is 2.78. The lowest BCUT2D eigenvalue weighted by molar-refractivity contribution is 0.130. The van der Waals surface area contributed by atoms with Gasteiger partial charge in [0.15, 0.2) is 0 Å². The van der Waals surface area contributed by atoms with Crippen LogP contribution in [0.1, 0.15) is 20.8 Å². The molecule has 0 fully saturated rings. The number of hydrogen-bond acceptors (Lipinski definition) is 1. The summed E-state index contributed by atoms with van der Waals surface area (Å²) in [7, 11) is -3.19. The normalized spacial score (nSPS) is 12.8. The van der Waals surface area contributed by atoms with Crippen LogP contribution < -0.4 is 0 Å². The second-order valence-electron chi connectivity index (χ2n) is 2.41. The third-order valence-corrected chi connectivity index (χ3v) is 1.03. The Morgan fingerprint density at radius 2 is 1.62 bits per heavy atom. The van der Waals surface area contributed by atoms with Crippen LogP contribution in [0.4, 0.5) is 8.39 Å². The van der Waals surface area contributed by atoms with E-state index in [1.807, 2.05) is 0 Å². The summed E-state index contributed by atoms with van der Waals surface area (Å²) in [6.07, 6.45) is 0. The van der Waals surface area contributed by atoms with E-state index < -0.39 is 14.4 Å². The first-order valence-electron chi connectivity index (χ1n) is 2.22. The monoisotopic (exact) mass is 142 g/mol. The second-order valence-corrected chi connectivity index (χ2v) is 2.99. The molecule has 0 atom stereocenters. The molecule has 50 valence electrons. The fourth-order valence-electron chi connectivity index (χ4n) is 0.207. The van der Waals surface area contributed by atoms with E-state index in [2.05, 4.69) is 4.52 Å². The van der Waals surface area contributed by atoms with Gasteiger partial charge in [-0.25, -0.2) is 0 Å². The Labute approximate surface area is 49.1 Å². The standard InChI is InChI=1S/C4H9F2OP/c1-4(2,3)7-8(5)6/h1-3H3. The SMILES string of the molecule is CC(C)(C)OP(F)F. The van der Waals surface area contributed by atoms with Gasteiger partial charge in [0.2, 0.25) is 0 Å². The molecule has 8 heavy (non-hydrogen) atoms. The molecule has 0 rings (SSSR count). The molecule has 0 spiro atoms. The van der Waals surface area contributed by atoms with Gasteiger partial charge in [-0.15, -0.1) is 0 Å². The molecule has 0 N–H and O–H groups in total. The third-order valence-electron chi connectivity index (χ3n) is 0.343. The average Bonchev–Trinajstić information content (AvgIpc) is 1.21. The van der Waals surface area contributed by atoms with Crippen molar-refractivity contribution < 1.29 is 12.9 Å². The maximum atomic E-state index is 11.4. The molecule has 0 aliphatic heterocycles. The highest BCUT2D eigenvalue weighted by Crippen LogP contribution is 2.43. The minimum Gasteiger partial charge on any atom is -0.300 e. The third kappa shape index (κ3) is 6.25.